The highest BCUT2D eigenvalue weighted by molar-refractivity contribution is 7.94. The van der Waals surface area contributed by atoms with E-state index in [4.69, 9.17) is 5.73 Å². The van der Waals surface area contributed by atoms with Crippen molar-refractivity contribution in [1.82, 2.24) is 0 Å². The maximum Gasteiger partial charge on any atom is 0.271 e. The van der Waals surface area contributed by atoms with E-state index in [9.17, 15) is 12.8 Å². The number of nitrogens with one attached hydrogen (secondary N) is 1. The minimum atomic E-state index is -3.67. The number of thiophene rings is 1. The Hall–Kier alpha value is -1.88. The molecule has 7 heteroatoms. The molecule has 0 radical (unpaired) electrons. The molecule has 0 aliphatic rings. The van der Waals surface area contributed by atoms with Gasteiger partial charge in [-0.05, 0) is 29.6 Å². The molecule has 0 atom stereocenters. The van der Waals surface area contributed by atoms with Crippen molar-refractivity contribution in [2.45, 2.75) is 4.21 Å². The first kappa shape index (κ1) is 14.5. The number of halogens is 1. The zero-order chi connectivity index (χ0) is 14.6. The molecule has 3 N–H and O–H groups in total. The Morgan fingerprint density at radius 3 is 2.75 bits per heavy atom. The molecule has 0 aliphatic heterocycles. The van der Waals surface area contributed by atoms with Gasteiger partial charge in [0.15, 0.2) is 0 Å². The average molecular weight is 310 g/mol. The zero-order valence-electron chi connectivity index (χ0n) is 10.3. The quantitative estimate of drug-likeness (QED) is 0.852. The first-order valence-corrected chi connectivity index (χ1v) is 7.94. The average Bonchev–Trinajstić information content (AvgIpc) is 2.92. The SMILES string of the molecule is NCC#Cc1ccc(NS(=O)(=O)c2cccs2)cc1F. The van der Waals surface area contributed by atoms with E-state index in [1.165, 1.54) is 18.2 Å². The number of nitrogens with two attached hydrogens (primary N) is 1. The Bertz CT molecular complexity index is 759. The summed E-state index contributed by atoms with van der Waals surface area (Å²) in [5.41, 5.74) is 5.53. The van der Waals surface area contributed by atoms with Crippen LogP contribution in [0.5, 0.6) is 0 Å². The molecule has 4 nitrogen and oxygen atoms in total. The summed E-state index contributed by atoms with van der Waals surface area (Å²) in [6.07, 6.45) is 0. The highest BCUT2D eigenvalue weighted by Crippen LogP contribution is 2.21. The Morgan fingerprint density at radius 1 is 1.35 bits per heavy atom. The minimum Gasteiger partial charge on any atom is -0.320 e. The topological polar surface area (TPSA) is 72.2 Å². The fourth-order valence-electron chi connectivity index (χ4n) is 1.45. The minimum absolute atomic E-state index is 0.131. The molecule has 2 rings (SSSR count). The van der Waals surface area contributed by atoms with Gasteiger partial charge in [0.1, 0.15) is 10.0 Å². The van der Waals surface area contributed by atoms with E-state index in [0.29, 0.717) is 0 Å². The van der Waals surface area contributed by atoms with Crippen LogP contribution in [0.25, 0.3) is 0 Å². The number of sulfonamides is 1. The van der Waals surface area contributed by atoms with Crippen molar-refractivity contribution in [3.63, 3.8) is 0 Å². The van der Waals surface area contributed by atoms with Crippen LogP contribution < -0.4 is 10.5 Å². The number of benzene rings is 1. The molecular formula is C13H11FN2O2S2. The normalized spacial score (nSPS) is 10.7. The molecule has 0 saturated heterocycles. The highest BCUT2D eigenvalue weighted by atomic mass is 32.2. The van der Waals surface area contributed by atoms with Crippen LogP contribution in [-0.4, -0.2) is 15.0 Å². The van der Waals surface area contributed by atoms with Gasteiger partial charge >= 0.3 is 0 Å². The van der Waals surface area contributed by atoms with E-state index in [1.54, 1.807) is 11.4 Å². The van der Waals surface area contributed by atoms with Gasteiger partial charge in [-0.25, -0.2) is 12.8 Å². The van der Waals surface area contributed by atoms with Crippen molar-refractivity contribution in [2.75, 3.05) is 11.3 Å². The third kappa shape index (κ3) is 3.36. The number of rotatable bonds is 3. The Labute approximate surface area is 120 Å². The van der Waals surface area contributed by atoms with Gasteiger partial charge in [0.25, 0.3) is 10.0 Å². The van der Waals surface area contributed by atoms with Crippen LogP contribution in [0.4, 0.5) is 10.1 Å². The van der Waals surface area contributed by atoms with Gasteiger partial charge in [-0.3, -0.25) is 4.72 Å². The lowest BCUT2D eigenvalue weighted by atomic mass is 10.2. The van der Waals surface area contributed by atoms with Crippen LogP contribution in [0.2, 0.25) is 0 Å². The van der Waals surface area contributed by atoms with Crippen LogP contribution in [0.15, 0.2) is 39.9 Å². The predicted molar refractivity (Wildman–Crippen MR) is 77.5 cm³/mol. The summed E-state index contributed by atoms with van der Waals surface area (Å²) in [7, 11) is -3.67. The maximum atomic E-state index is 13.7. The molecule has 1 aromatic carbocycles. The lowest BCUT2D eigenvalue weighted by Crippen LogP contribution is -2.11. The van der Waals surface area contributed by atoms with Crippen molar-refractivity contribution < 1.29 is 12.8 Å². The maximum absolute atomic E-state index is 13.7. The summed E-state index contributed by atoms with van der Waals surface area (Å²) in [5.74, 6) is 4.50. The van der Waals surface area contributed by atoms with E-state index in [-0.39, 0.29) is 22.0 Å². The smallest absolute Gasteiger partial charge is 0.271 e. The standard InChI is InChI=1S/C13H11FN2O2S2/c14-12-9-11(6-5-10(12)3-1-7-15)16-20(17,18)13-4-2-8-19-13/h2,4-6,8-9,16H,7,15H2. The largest absolute Gasteiger partial charge is 0.320 e. The lowest BCUT2D eigenvalue weighted by Gasteiger charge is -2.06. The first-order valence-electron chi connectivity index (χ1n) is 5.58. The predicted octanol–water partition coefficient (Wildman–Crippen LogP) is 2.00. The van der Waals surface area contributed by atoms with Gasteiger partial charge in [0, 0.05) is 0 Å². The van der Waals surface area contributed by atoms with Gasteiger partial charge in [-0.15, -0.1) is 11.3 Å². The second kappa shape index (κ2) is 6.05. The summed E-state index contributed by atoms with van der Waals surface area (Å²) in [5, 5.41) is 1.65. The Kier molecular flexibility index (Phi) is 4.39. The van der Waals surface area contributed by atoms with Crippen molar-refractivity contribution in [3.8, 4) is 11.8 Å². The van der Waals surface area contributed by atoms with Crippen molar-refractivity contribution in [2.24, 2.45) is 5.73 Å². The van der Waals surface area contributed by atoms with Gasteiger partial charge in [0.05, 0.1) is 17.8 Å². The molecule has 1 aromatic heterocycles. The van der Waals surface area contributed by atoms with E-state index >= 15 is 0 Å². The lowest BCUT2D eigenvalue weighted by molar-refractivity contribution is 0.603. The molecule has 0 saturated carbocycles. The molecule has 2 aromatic rings. The summed E-state index contributed by atoms with van der Waals surface area (Å²) < 4.78 is 40.1. The fourth-order valence-corrected chi connectivity index (χ4v) is 3.49. The van der Waals surface area contributed by atoms with Crippen LogP contribution in [0, 0.1) is 17.7 Å². The molecular weight excluding hydrogens is 299 g/mol. The van der Waals surface area contributed by atoms with Gasteiger partial charge in [-0.2, -0.15) is 0 Å². The third-order valence-electron chi connectivity index (χ3n) is 2.31. The van der Waals surface area contributed by atoms with Gasteiger partial charge < -0.3 is 5.73 Å². The fraction of sp³-hybridized carbons (Fsp3) is 0.0769. The zero-order valence-corrected chi connectivity index (χ0v) is 11.9. The monoisotopic (exact) mass is 310 g/mol. The molecule has 0 bridgehead atoms. The van der Waals surface area contributed by atoms with Crippen LogP contribution in [0.1, 0.15) is 5.56 Å². The van der Waals surface area contributed by atoms with Gasteiger partial charge in [-0.1, -0.05) is 17.9 Å². The summed E-state index contributed by atoms with van der Waals surface area (Å²) in [6.45, 7) is 0.131. The number of anilines is 1. The highest BCUT2D eigenvalue weighted by Gasteiger charge is 2.15. The second-order valence-corrected chi connectivity index (χ2v) is 6.60. The number of hydrogen-bond acceptors (Lipinski definition) is 4. The summed E-state index contributed by atoms with van der Waals surface area (Å²) in [4.78, 5) is 0. The molecule has 0 fully saturated rings. The van der Waals surface area contributed by atoms with Crippen molar-refractivity contribution >= 4 is 27.0 Å². The number of hydrogen-bond donors (Lipinski definition) is 2. The van der Waals surface area contributed by atoms with Crippen molar-refractivity contribution in [3.05, 3.63) is 47.1 Å². The Morgan fingerprint density at radius 2 is 2.15 bits per heavy atom. The van der Waals surface area contributed by atoms with Gasteiger partial charge in [0.2, 0.25) is 0 Å². The van der Waals surface area contributed by atoms with E-state index in [1.807, 2.05) is 0 Å². The van der Waals surface area contributed by atoms with Crippen molar-refractivity contribution in [1.29, 1.82) is 0 Å². The molecule has 1 heterocycles. The molecule has 0 spiro atoms. The van der Waals surface area contributed by atoms with Crippen LogP contribution in [-0.2, 0) is 10.0 Å². The van der Waals surface area contributed by atoms with E-state index < -0.39 is 15.8 Å². The molecule has 0 aliphatic carbocycles. The van der Waals surface area contributed by atoms with E-state index in [0.717, 1.165) is 17.4 Å². The first-order chi connectivity index (χ1) is 9.53. The second-order valence-electron chi connectivity index (χ2n) is 3.74. The van der Waals surface area contributed by atoms with Crippen LogP contribution >= 0.6 is 11.3 Å². The Balaban J connectivity index is 2.25. The third-order valence-corrected chi connectivity index (χ3v) is 5.09. The molecule has 104 valence electrons. The van der Waals surface area contributed by atoms with E-state index in [2.05, 4.69) is 16.6 Å². The summed E-state index contributed by atoms with van der Waals surface area (Å²) in [6, 6.07) is 7.06. The van der Waals surface area contributed by atoms with Crippen LogP contribution in [0.3, 0.4) is 0 Å². The summed E-state index contributed by atoms with van der Waals surface area (Å²) >= 11 is 1.09. The molecule has 0 amide bonds. The molecule has 20 heavy (non-hydrogen) atoms. The molecule has 0 unspecified atom stereocenters.